The van der Waals surface area contributed by atoms with Gasteiger partial charge in [-0.25, -0.2) is 4.79 Å². The van der Waals surface area contributed by atoms with Crippen LogP contribution in [0.15, 0.2) is 75.6 Å². The molecule has 0 radical (unpaired) electrons. The van der Waals surface area contributed by atoms with Gasteiger partial charge < -0.3 is 19.2 Å². The number of esters is 1. The maximum atomic E-state index is 13.4. The molecule has 0 aliphatic rings. The van der Waals surface area contributed by atoms with Gasteiger partial charge in [0.05, 0.1) is 13.2 Å². The van der Waals surface area contributed by atoms with Crippen molar-refractivity contribution < 1.29 is 23.8 Å². The number of furan rings is 1. The fraction of sp³-hybridized carbons (Fsp3) is 0.214. The number of aromatic hydroxyl groups is 1. The summed E-state index contributed by atoms with van der Waals surface area (Å²) in [5.74, 6) is -0.252. The highest BCUT2D eigenvalue weighted by Crippen LogP contribution is 2.31. The summed E-state index contributed by atoms with van der Waals surface area (Å²) in [6.45, 7) is 4.09. The number of rotatable bonds is 8. The highest BCUT2D eigenvalue weighted by atomic mass is 79.9. The van der Waals surface area contributed by atoms with Crippen molar-refractivity contribution in [2.45, 2.75) is 33.2 Å². The van der Waals surface area contributed by atoms with E-state index in [0.29, 0.717) is 36.2 Å². The zero-order valence-corrected chi connectivity index (χ0v) is 21.2. The number of benzene rings is 3. The van der Waals surface area contributed by atoms with Gasteiger partial charge in [-0.3, -0.25) is 4.79 Å². The molecule has 0 atom stereocenters. The number of carbonyl (C=O) groups excluding carboxylic acids is 2. The lowest BCUT2D eigenvalue weighted by Gasteiger charge is -2.23. The van der Waals surface area contributed by atoms with E-state index in [4.69, 9.17) is 9.15 Å². The number of fused-ring (bicyclic) bond motifs is 1. The van der Waals surface area contributed by atoms with Gasteiger partial charge in [-0.2, -0.15) is 0 Å². The SMILES string of the molecule is CCOC(=O)c1oc2ccc(N(Cc3cccc(O)c3)C(=O)CCc3ccc(Br)cc3)cc2c1C. The van der Waals surface area contributed by atoms with E-state index >= 15 is 0 Å². The molecule has 1 amide bonds. The molecule has 0 aliphatic carbocycles. The minimum Gasteiger partial charge on any atom is -0.508 e. The lowest BCUT2D eigenvalue weighted by molar-refractivity contribution is -0.118. The van der Waals surface area contributed by atoms with E-state index < -0.39 is 5.97 Å². The third-order valence-electron chi connectivity index (χ3n) is 5.79. The minimum atomic E-state index is -0.509. The lowest BCUT2D eigenvalue weighted by Crippen LogP contribution is -2.30. The summed E-state index contributed by atoms with van der Waals surface area (Å²) < 4.78 is 11.8. The van der Waals surface area contributed by atoms with Gasteiger partial charge >= 0.3 is 5.97 Å². The quantitative estimate of drug-likeness (QED) is 0.258. The van der Waals surface area contributed by atoms with Crippen molar-refractivity contribution in [3.8, 4) is 5.75 Å². The first-order valence-corrected chi connectivity index (χ1v) is 12.2. The van der Waals surface area contributed by atoms with Crippen LogP contribution >= 0.6 is 15.9 Å². The fourth-order valence-electron chi connectivity index (χ4n) is 3.97. The van der Waals surface area contributed by atoms with E-state index in [1.807, 2.05) is 36.4 Å². The highest BCUT2D eigenvalue weighted by molar-refractivity contribution is 9.10. The molecule has 0 spiro atoms. The Labute approximate surface area is 212 Å². The molecule has 0 unspecified atom stereocenters. The van der Waals surface area contributed by atoms with Gasteiger partial charge in [-0.1, -0.05) is 40.2 Å². The summed E-state index contributed by atoms with van der Waals surface area (Å²) >= 11 is 3.43. The molecular weight excluding hydrogens is 510 g/mol. The fourth-order valence-corrected chi connectivity index (χ4v) is 4.23. The molecule has 180 valence electrons. The zero-order chi connectivity index (χ0) is 24.9. The number of amides is 1. The maximum absolute atomic E-state index is 13.4. The van der Waals surface area contributed by atoms with Crippen LogP contribution in [0.1, 0.15) is 40.6 Å². The predicted octanol–water partition coefficient (Wildman–Crippen LogP) is 6.55. The molecule has 0 bridgehead atoms. The average Bonchev–Trinajstić information content (AvgIpc) is 3.18. The van der Waals surface area contributed by atoms with Crippen molar-refractivity contribution in [2.24, 2.45) is 0 Å². The third kappa shape index (κ3) is 5.74. The number of hydrogen-bond donors (Lipinski definition) is 1. The van der Waals surface area contributed by atoms with E-state index in [2.05, 4.69) is 15.9 Å². The Morgan fingerprint density at radius 1 is 1.03 bits per heavy atom. The van der Waals surface area contributed by atoms with Gasteiger partial charge in [0.15, 0.2) is 0 Å². The van der Waals surface area contributed by atoms with Gasteiger partial charge in [0.25, 0.3) is 0 Å². The van der Waals surface area contributed by atoms with Crippen LogP contribution in [0.2, 0.25) is 0 Å². The Bertz CT molecular complexity index is 1360. The van der Waals surface area contributed by atoms with E-state index in [9.17, 15) is 14.7 Å². The summed E-state index contributed by atoms with van der Waals surface area (Å²) in [6.07, 6.45) is 0.916. The van der Waals surface area contributed by atoms with Gasteiger partial charge in [0.1, 0.15) is 11.3 Å². The van der Waals surface area contributed by atoms with Gasteiger partial charge in [0, 0.05) is 27.5 Å². The van der Waals surface area contributed by atoms with Crippen molar-refractivity contribution >= 4 is 44.5 Å². The van der Waals surface area contributed by atoms with E-state index in [0.717, 1.165) is 21.0 Å². The molecule has 1 aromatic heterocycles. The smallest absolute Gasteiger partial charge is 0.374 e. The second-order valence-corrected chi connectivity index (χ2v) is 9.15. The first kappa shape index (κ1) is 24.5. The van der Waals surface area contributed by atoms with Crippen molar-refractivity contribution in [1.29, 1.82) is 0 Å². The van der Waals surface area contributed by atoms with E-state index in [1.54, 1.807) is 49.1 Å². The van der Waals surface area contributed by atoms with Crippen LogP contribution in [-0.4, -0.2) is 23.6 Å². The van der Waals surface area contributed by atoms with Crippen LogP contribution in [0.4, 0.5) is 5.69 Å². The monoisotopic (exact) mass is 535 g/mol. The predicted molar refractivity (Wildman–Crippen MR) is 139 cm³/mol. The van der Waals surface area contributed by atoms with Crippen molar-refractivity contribution in [2.75, 3.05) is 11.5 Å². The molecule has 4 rings (SSSR count). The summed E-state index contributed by atoms with van der Waals surface area (Å²) in [5, 5.41) is 10.7. The van der Waals surface area contributed by atoms with Gasteiger partial charge in [-0.15, -0.1) is 0 Å². The number of phenols is 1. The second kappa shape index (κ2) is 10.8. The molecule has 6 nitrogen and oxygen atoms in total. The van der Waals surface area contributed by atoms with Crippen LogP contribution in [0.5, 0.6) is 5.75 Å². The summed E-state index contributed by atoms with van der Waals surface area (Å²) in [7, 11) is 0. The molecule has 0 fully saturated rings. The van der Waals surface area contributed by atoms with E-state index in [-0.39, 0.29) is 24.0 Å². The largest absolute Gasteiger partial charge is 0.508 e. The van der Waals surface area contributed by atoms with Crippen molar-refractivity contribution in [3.63, 3.8) is 0 Å². The van der Waals surface area contributed by atoms with Crippen LogP contribution < -0.4 is 4.90 Å². The number of phenolic OH excluding ortho intramolecular Hbond substituents is 1. The first-order chi connectivity index (χ1) is 16.9. The molecular formula is C28H26BrNO5. The first-order valence-electron chi connectivity index (χ1n) is 11.4. The lowest BCUT2D eigenvalue weighted by atomic mass is 10.1. The highest BCUT2D eigenvalue weighted by Gasteiger charge is 2.22. The maximum Gasteiger partial charge on any atom is 0.374 e. The third-order valence-corrected chi connectivity index (χ3v) is 6.31. The van der Waals surface area contributed by atoms with Crippen LogP contribution in [-0.2, 0) is 22.5 Å². The number of anilines is 1. The Morgan fingerprint density at radius 2 is 1.80 bits per heavy atom. The normalized spacial score (nSPS) is 10.9. The number of ether oxygens (including phenoxy) is 1. The minimum absolute atomic E-state index is 0.0534. The summed E-state index contributed by atoms with van der Waals surface area (Å²) in [4.78, 5) is 27.4. The van der Waals surface area contributed by atoms with Crippen molar-refractivity contribution in [1.82, 2.24) is 0 Å². The summed E-state index contributed by atoms with van der Waals surface area (Å²) in [5.41, 5.74) is 3.77. The molecule has 7 heteroatoms. The number of carbonyl (C=O) groups is 2. The second-order valence-electron chi connectivity index (χ2n) is 8.23. The van der Waals surface area contributed by atoms with Gasteiger partial charge in [-0.05, 0) is 73.9 Å². The van der Waals surface area contributed by atoms with E-state index in [1.165, 1.54) is 0 Å². The number of aryl methyl sites for hydroxylation is 2. The topological polar surface area (TPSA) is 80.0 Å². The summed E-state index contributed by atoms with van der Waals surface area (Å²) in [6, 6.07) is 20.2. The average molecular weight is 536 g/mol. The van der Waals surface area contributed by atoms with Crippen molar-refractivity contribution in [3.05, 3.63) is 93.7 Å². The number of nitrogens with zero attached hydrogens (tertiary/aromatic N) is 1. The molecule has 3 aromatic carbocycles. The molecule has 1 N–H and O–H groups in total. The Morgan fingerprint density at radius 3 is 2.51 bits per heavy atom. The molecule has 1 heterocycles. The molecule has 0 aliphatic heterocycles. The molecule has 0 saturated carbocycles. The van der Waals surface area contributed by atoms with Gasteiger partial charge in [0.2, 0.25) is 11.7 Å². The van der Waals surface area contributed by atoms with Crippen LogP contribution in [0.25, 0.3) is 11.0 Å². The standard InChI is InChI=1S/C28H26BrNO5/c1-3-34-28(33)27-18(2)24-16-22(12-13-25(24)35-27)30(17-20-5-4-6-23(31)15-20)26(32)14-9-19-7-10-21(29)11-8-19/h4-8,10-13,15-16,31H,3,9,14,17H2,1-2H3. The molecule has 35 heavy (non-hydrogen) atoms. The number of hydrogen-bond acceptors (Lipinski definition) is 5. The van der Waals surface area contributed by atoms with Crippen LogP contribution in [0, 0.1) is 6.92 Å². The molecule has 4 aromatic rings. The Balaban J connectivity index is 1.66. The molecule has 0 saturated heterocycles. The number of halogens is 1. The van der Waals surface area contributed by atoms with Crippen LogP contribution in [0.3, 0.4) is 0 Å². The Kier molecular flexibility index (Phi) is 7.56. The zero-order valence-electron chi connectivity index (χ0n) is 19.6. The Hall–Kier alpha value is -3.58.